The summed E-state index contributed by atoms with van der Waals surface area (Å²) in [5, 5.41) is 7.46. The molecule has 0 amide bonds. The molecule has 3 heterocycles. The third-order valence-electron chi connectivity index (χ3n) is 5.78. The van der Waals surface area contributed by atoms with Gasteiger partial charge in [-0.3, -0.25) is 0 Å². The summed E-state index contributed by atoms with van der Waals surface area (Å²) in [6.07, 6.45) is 11.1. The van der Waals surface area contributed by atoms with Crippen LogP contribution in [0.1, 0.15) is 43.6 Å². The zero-order chi connectivity index (χ0) is 15.5. The minimum Gasteiger partial charge on any atom is -0.379 e. The van der Waals surface area contributed by atoms with Crippen molar-refractivity contribution in [1.29, 1.82) is 0 Å². The average Bonchev–Trinajstić information content (AvgIpc) is 3.22. The monoisotopic (exact) mass is 354 g/mol. The Morgan fingerprint density at radius 2 is 2.25 bits per heavy atom. The van der Waals surface area contributed by atoms with E-state index in [9.17, 15) is 0 Å². The number of hydrogen-bond acceptors (Lipinski definition) is 4. The standard InChI is InChI=1S/C18H30N4O.ClH/c1-2-10-22-12-14(21-18(22)6-1)7-8-19-16-5-3-4-15(16)17-13-23-11-9-20-17;/h12,15-17,19-20H,1-11,13H2;1H. The van der Waals surface area contributed by atoms with Crippen LogP contribution in [0.25, 0.3) is 0 Å². The normalized spacial score (nSPS) is 29.9. The van der Waals surface area contributed by atoms with Crippen LogP contribution in [0.5, 0.6) is 0 Å². The van der Waals surface area contributed by atoms with Gasteiger partial charge in [0.25, 0.3) is 0 Å². The molecule has 2 aliphatic heterocycles. The summed E-state index contributed by atoms with van der Waals surface area (Å²) >= 11 is 0. The molecule has 6 heteroatoms. The molecule has 3 aliphatic rings. The highest BCUT2D eigenvalue weighted by atomic mass is 35.5. The van der Waals surface area contributed by atoms with Gasteiger partial charge in [0.15, 0.2) is 0 Å². The molecule has 24 heavy (non-hydrogen) atoms. The predicted octanol–water partition coefficient (Wildman–Crippen LogP) is 1.93. The molecule has 2 N–H and O–H groups in total. The largest absolute Gasteiger partial charge is 0.379 e. The van der Waals surface area contributed by atoms with Crippen LogP contribution in [0.15, 0.2) is 6.20 Å². The quantitative estimate of drug-likeness (QED) is 0.848. The molecule has 1 aromatic heterocycles. The Kier molecular flexibility index (Phi) is 6.56. The lowest BCUT2D eigenvalue weighted by Crippen LogP contribution is -2.51. The van der Waals surface area contributed by atoms with E-state index in [1.165, 1.54) is 43.6 Å². The molecule has 0 spiro atoms. The highest BCUT2D eigenvalue weighted by molar-refractivity contribution is 5.85. The number of aryl methyl sites for hydroxylation is 2. The molecule has 4 rings (SSSR count). The fourth-order valence-corrected chi connectivity index (χ4v) is 4.56. The molecule has 1 aliphatic carbocycles. The molecule has 3 atom stereocenters. The predicted molar refractivity (Wildman–Crippen MR) is 97.9 cm³/mol. The first-order chi connectivity index (χ1) is 11.4. The van der Waals surface area contributed by atoms with E-state index in [1.807, 2.05) is 0 Å². The van der Waals surface area contributed by atoms with Gasteiger partial charge in [0.2, 0.25) is 0 Å². The van der Waals surface area contributed by atoms with Crippen LogP contribution >= 0.6 is 12.4 Å². The van der Waals surface area contributed by atoms with Crippen molar-refractivity contribution in [2.45, 2.75) is 63.6 Å². The first-order valence-electron chi connectivity index (χ1n) is 9.49. The molecular weight excluding hydrogens is 324 g/mol. The fourth-order valence-electron chi connectivity index (χ4n) is 4.56. The topological polar surface area (TPSA) is 51.1 Å². The van der Waals surface area contributed by atoms with E-state index in [4.69, 9.17) is 9.72 Å². The molecular formula is C18H31ClN4O. The van der Waals surface area contributed by atoms with Crippen molar-refractivity contribution in [3.63, 3.8) is 0 Å². The Morgan fingerprint density at radius 1 is 1.29 bits per heavy atom. The molecule has 1 saturated heterocycles. The second-order valence-electron chi connectivity index (χ2n) is 7.34. The minimum atomic E-state index is 0. The molecule has 136 valence electrons. The van der Waals surface area contributed by atoms with Crippen LogP contribution in [0.2, 0.25) is 0 Å². The maximum Gasteiger partial charge on any atom is 0.108 e. The van der Waals surface area contributed by atoms with Crippen molar-refractivity contribution in [1.82, 2.24) is 20.2 Å². The molecule has 2 fully saturated rings. The van der Waals surface area contributed by atoms with E-state index in [0.29, 0.717) is 12.1 Å². The zero-order valence-corrected chi connectivity index (χ0v) is 15.3. The van der Waals surface area contributed by atoms with Crippen LogP contribution in [-0.4, -0.2) is 47.9 Å². The van der Waals surface area contributed by atoms with Crippen LogP contribution < -0.4 is 10.6 Å². The van der Waals surface area contributed by atoms with Crippen LogP contribution in [0, 0.1) is 5.92 Å². The van der Waals surface area contributed by atoms with Gasteiger partial charge < -0.3 is 19.9 Å². The number of fused-ring (bicyclic) bond motifs is 1. The Hall–Kier alpha value is -0.620. The second-order valence-corrected chi connectivity index (χ2v) is 7.34. The maximum absolute atomic E-state index is 5.66. The van der Waals surface area contributed by atoms with Gasteiger partial charge in [-0.25, -0.2) is 4.98 Å². The SMILES string of the molecule is Cl.c1c(CCNC2CCCC2C2COCCN2)nc2n1CCCC2. The summed E-state index contributed by atoms with van der Waals surface area (Å²) in [4.78, 5) is 4.81. The molecule has 0 radical (unpaired) electrons. The molecule has 3 unspecified atom stereocenters. The number of nitrogens with one attached hydrogen (secondary N) is 2. The van der Waals surface area contributed by atoms with Crippen molar-refractivity contribution in [3.8, 4) is 0 Å². The number of halogens is 1. The van der Waals surface area contributed by atoms with Gasteiger partial charge in [0, 0.05) is 50.8 Å². The van der Waals surface area contributed by atoms with Crippen LogP contribution in [0.3, 0.4) is 0 Å². The van der Waals surface area contributed by atoms with Gasteiger partial charge in [0.05, 0.1) is 18.9 Å². The van der Waals surface area contributed by atoms with Gasteiger partial charge >= 0.3 is 0 Å². The van der Waals surface area contributed by atoms with Crippen molar-refractivity contribution < 1.29 is 4.74 Å². The van der Waals surface area contributed by atoms with E-state index in [-0.39, 0.29) is 12.4 Å². The molecule has 5 nitrogen and oxygen atoms in total. The molecule has 1 saturated carbocycles. The number of rotatable bonds is 5. The Morgan fingerprint density at radius 3 is 3.08 bits per heavy atom. The fraction of sp³-hybridized carbons (Fsp3) is 0.833. The number of hydrogen-bond donors (Lipinski definition) is 2. The molecule has 1 aromatic rings. The Labute approximate surface area is 151 Å². The van der Waals surface area contributed by atoms with Crippen molar-refractivity contribution in [2.75, 3.05) is 26.3 Å². The van der Waals surface area contributed by atoms with E-state index >= 15 is 0 Å². The molecule has 0 aromatic carbocycles. The highest BCUT2D eigenvalue weighted by Crippen LogP contribution is 2.29. The number of morpholine rings is 1. The third-order valence-corrected chi connectivity index (χ3v) is 5.78. The van der Waals surface area contributed by atoms with Crippen molar-refractivity contribution in [3.05, 3.63) is 17.7 Å². The van der Waals surface area contributed by atoms with E-state index in [2.05, 4.69) is 21.4 Å². The summed E-state index contributed by atoms with van der Waals surface area (Å²) in [7, 11) is 0. The van der Waals surface area contributed by atoms with E-state index < -0.39 is 0 Å². The maximum atomic E-state index is 5.66. The Bertz CT molecular complexity index is 492. The minimum absolute atomic E-state index is 0. The second kappa shape index (κ2) is 8.65. The van der Waals surface area contributed by atoms with Gasteiger partial charge in [-0.1, -0.05) is 6.42 Å². The summed E-state index contributed by atoms with van der Waals surface area (Å²) in [5.74, 6) is 2.03. The van der Waals surface area contributed by atoms with E-state index in [1.54, 1.807) is 0 Å². The highest BCUT2D eigenvalue weighted by Gasteiger charge is 2.34. The number of nitrogens with zero attached hydrogens (tertiary/aromatic N) is 2. The lowest BCUT2D eigenvalue weighted by molar-refractivity contribution is 0.0526. The average molecular weight is 355 g/mol. The van der Waals surface area contributed by atoms with Crippen molar-refractivity contribution in [2.24, 2.45) is 5.92 Å². The van der Waals surface area contributed by atoms with Gasteiger partial charge in [-0.2, -0.15) is 0 Å². The van der Waals surface area contributed by atoms with Crippen LogP contribution in [0.4, 0.5) is 0 Å². The Balaban J connectivity index is 0.00000169. The first kappa shape index (κ1) is 18.2. The van der Waals surface area contributed by atoms with Crippen LogP contribution in [-0.2, 0) is 24.1 Å². The summed E-state index contributed by atoms with van der Waals surface area (Å²) in [5.41, 5.74) is 1.27. The number of ether oxygens (including phenoxy) is 1. The zero-order valence-electron chi connectivity index (χ0n) is 14.5. The summed E-state index contributed by atoms with van der Waals surface area (Å²) in [6, 6.07) is 1.19. The third kappa shape index (κ3) is 4.13. The van der Waals surface area contributed by atoms with Gasteiger partial charge in [0.1, 0.15) is 5.82 Å². The summed E-state index contributed by atoms with van der Waals surface area (Å²) < 4.78 is 8.02. The van der Waals surface area contributed by atoms with Gasteiger partial charge in [-0.15, -0.1) is 12.4 Å². The summed E-state index contributed by atoms with van der Waals surface area (Å²) in [6.45, 7) is 4.97. The molecule has 0 bridgehead atoms. The van der Waals surface area contributed by atoms with Crippen molar-refractivity contribution >= 4 is 12.4 Å². The lowest BCUT2D eigenvalue weighted by atomic mass is 9.94. The first-order valence-corrected chi connectivity index (χ1v) is 9.49. The van der Waals surface area contributed by atoms with Gasteiger partial charge in [-0.05, 0) is 31.6 Å². The number of imidazole rings is 1. The van der Waals surface area contributed by atoms with E-state index in [0.717, 1.165) is 51.6 Å². The lowest BCUT2D eigenvalue weighted by Gasteiger charge is -2.33. The number of aromatic nitrogens is 2. The smallest absolute Gasteiger partial charge is 0.108 e.